The molecule has 1 saturated heterocycles. The van der Waals surface area contributed by atoms with Crippen molar-refractivity contribution in [1.29, 1.82) is 0 Å². The Morgan fingerprint density at radius 1 is 1.09 bits per heavy atom. The number of anilines is 1. The van der Waals surface area contributed by atoms with Crippen molar-refractivity contribution in [2.24, 2.45) is 0 Å². The van der Waals surface area contributed by atoms with Crippen LogP contribution >= 0.6 is 0 Å². The summed E-state index contributed by atoms with van der Waals surface area (Å²) in [6, 6.07) is 15.1. The highest BCUT2D eigenvalue weighted by molar-refractivity contribution is 6.23. The number of imidazole rings is 1. The topological polar surface area (TPSA) is 105 Å². The van der Waals surface area contributed by atoms with Crippen LogP contribution in [0.1, 0.15) is 47.2 Å². The van der Waals surface area contributed by atoms with Crippen molar-refractivity contribution in [2.45, 2.75) is 32.7 Å². The molecule has 1 aliphatic heterocycles. The van der Waals surface area contributed by atoms with Gasteiger partial charge >= 0.3 is 12.0 Å². The standard InChI is InChI=1S/C25H24N4O4/c1-2-3-9-22-26-15-20(28(22)16-17-10-12-18(13-11-17)24(31)32)14-21-23(30)27-25(33)29(21)19-7-5-4-6-8-19/h4-8,10-15H,2-3,9,16H2,1H3,(H,31,32)(H,27,30,33)/b21-14+. The molecule has 2 aromatic carbocycles. The first-order valence-corrected chi connectivity index (χ1v) is 10.8. The number of carbonyl (C=O) groups is 3. The Hall–Kier alpha value is -4.20. The largest absolute Gasteiger partial charge is 0.478 e. The van der Waals surface area contributed by atoms with Crippen LogP contribution in [0.2, 0.25) is 0 Å². The lowest BCUT2D eigenvalue weighted by Crippen LogP contribution is -2.27. The van der Waals surface area contributed by atoms with Crippen LogP contribution in [0, 0.1) is 0 Å². The summed E-state index contributed by atoms with van der Waals surface area (Å²) < 4.78 is 2.00. The lowest BCUT2D eigenvalue weighted by molar-refractivity contribution is -0.115. The Balaban J connectivity index is 1.73. The maximum Gasteiger partial charge on any atom is 0.335 e. The van der Waals surface area contributed by atoms with Gasteiger partial charge in [0.25, 0.3) is 5.91 Å². The van der Waals surface area contributed by atoms with E-state index >= 15 is 0 Å². The summed E-state index contributed by atoms with van der Waals surface area (Å²) in [4.78, 5) is 42.2. The molecule has 168 valence electrons. The summed E-state index contributed by atoms with van der Waals surface area (Å²) in [5.41, 5.74) is 2.62. The first-order chi connectivity index (χ1) is 16.0. The normalized spacial score (nSPS) is 14.7. The van der Waals surface area contributed by atoms with Gasteiger partial charge in [-0.05, 0) is 42.3 Å². The fourth-order valence-electron chi connectivity index (χ4n) is 3.73. The molecule has 2 heterocycles. The van der Waals surface area contributed by atoms with Gasteiger partial charge < -0.3 is 9.67 Å². The van der Waals surface area contributed by atoms with Gasteiger partial charge in [-0.3, -0.25) is 15.0 Å². The van der Waals surface area contributed by atoms with Gasteiger partial charge in [0.05, 0.1) is 23.1 Å². The Morgan fingerprint density at radius 2 is 1.82 bits per heavy atom. The molecule has 0 radical (unpaired) electrons. The van der Waals surface area contributed by atoms with E-state index in [0.29, 0.717) is 17.9 Å². The fourth-order valence-corrected chi connectivity index (χ4v) is 3.73. The zero-order valence-electron chi connectivity index (χ0n) is 18.2. The predicted octanol–water partition coefficient (Wildman–Crippen LogP) is 4.07. The third kappa shape index (κ3) is 4.69. The highest BCUT2D eigenvalue weighted by Crippen LogP contribution is 2.26. The van der Waals surface area contributed by atoms with E-state index < -0.39 is 17.9 Å². The van der Waals surface area contributed by atoms with Crippen LogP contribution in [0.25, 0.3) is 6.08 Å². The first kappa shape index (κ1) is 22.0. The zero-order valence-corrected chi connectivity index (χ0v) is 18.2. The number of unbranched alkanes of at least 4 members (excludes halogenated alkanes) is 1. The van der Waals surface area contributed by atoms with E-state index in [1.165, 1.54) is 4.90 Å². The zero-order chi connectivity index (χ0) is 23.4. The van der Waals surface area contributed by atoms with Crippen molar-refractivity contribution in [2.75, 3.05) is 4.90 Å². The average molecular weight is 444 g/mol. The maximum atomic E-state index is 12.6. The summed E-state index contributed by atoms with van der Waals surface area (Å²) in [5, 5.41) is 11.5. The van der Waals surface area contributed by atoms with E-state index in [4.69, 9.17) is 5.11 Å². The quantitative estimate of drug-likeness (QED) is 0.403. The highest BCUT2D eigenvalue weighted by atomic mass is 16.4. The number of carboxylic acids is 1. The van der Waals surface area contributed by atoms with Gasteiger partial charge in [-0.25, -0.2) is 14.6 Å². The molecule has 4 rings (SSSR count). The first-order valence-electron chi connectivity index (χ1n) is 10.8. The van der Waals surface area contributed by atoms with Crippen molar-refractivity contribution >= 4 is 29.7 Å². The smallest absolute Gasteiger partial charge is 0.335 e. The molecule has 0 spiro atoms. The molecule has 0 unspecified atom stereocenters. The number of imide groups is 1. The summed E-state index contributed by atoms with van der Waals surface area (Å²) in [6.07, 6.45) is 6.10. The molecule has 3 aromatic rings. The minimum Gasteiger partial charge on any atom is -0.478 e. The van der Waals surface area contributed by atoms with Crippen LogP contribution in [0.4, 0.5) is 10.5 Å². The summed E-state index contributed by atoms with van der Waals surface area (Å²) >= 11 is 0. The molecule has 1 aromatic heterocycles. The van der Waals surface area contributed by atoms with Gasteiger partial charge in [0.1, 0.15) is 11.5 Å². The van der Waals surface area contributed by atoms with E-state index in [0.717, 1.165) is 30.7 Å². The van der Waals surface area contributed by atoms with E-state index in [1.54, 1.807) is 60.8 Å². The van der Waals surface area contributed by atoms with E-state index in [-0.39, 0.29) is 11.3 Å². The van der Waals surface area contributed by atoms with Gasteiger partial charge in [-0.2, -0.15) is 0 Å². The molecule has 1 aliphatic rings. The Morgan fingerprint density at radius 3 is 2.48 bits per heavy atom. The predicted molar refractivity (Wildman–Crippen MR) is 124 cm³/mol. The Labute approximate surface area is 191 Å². The molecule has 1 fully saturated rings. The molecule has 0 atom stereocenters. The van der Waals surface area contributed by atoms with Crippen LogP contribution in [0.5, 0.6) is 0 Å². The van der Waals surface area contributed by atoms with Crippen LogP contribution in [-0.4, -0.2) is 32.6 Å². The molecule has 0 bridgehead atoms. The Bertz CT molecular complexity index is 1210. The number of carboxylic acid groups (broad SMARTS) is 1. The maximum absolute atomic E-state index is 12.6. The van der Waals surface area contributed by atoms with Crippen LogP contribution < -0.4 is 10.2 Å². The molecule has 0 aliphatic carbocycles. The van der Waals surface area contributed by atoms with Crippen molar-refractivity contribution < 1.29 is 19.5 Å². The fraction of sp³-hybridized carbons (Fsp3) is 0.200. The number of carbonyl (C=O) groups excluding carboxylic acids is 2. The molecule has 2 N–H and O–H groups in total. The minimum absolute atomic E-state index is 0.218. The summed E-state index contributed by atoms with van der Waals surface area (Å²) in [6.45, 7) is 2.56. The van der Waals surface area contributed by atoms with E-state index in [9.17, 15) is 14.4 Å². The summed E-state index contributed by atoms with van der Waals surface area (Å²) in [7, 11) is 0. The van der Waals surface area contributed by atoms with Gasteiger partial charge in [0.15, 0.2) is 0 Å². The number of para-hydroxylation sites is 1. The number of aromatic carboxylic acids is 1. The third-order valence-corrected chi connectivity index (χ3v) is 5.46. The van der Waals surface area contributed by atoms with Crippen molar-refractivity contribution in [1.82, 2.24) is 14.9 Å². The van der Waals surface area contributed by atoms with Crippen molar-refractivity contribution in [3.63, 3.8) is 0 Å². The molecule has 33 heavy (non-hydrogen) atoms. The SMILES string of the molecule is CCCCc1ncc(/C=C2\C(=O)NC(=O)N2c2ccccc2)n1Cc1ccc(C(=O)O)cc1. The number of rotatable bonds is 8. The number of nitrogens with zero attached hydrogens (tertiary/aromatic N) is 3. The number of hydrogen-bond acceptors (Lipinski definition) is 4. The molecule has 8 heteroatoms. The summed E-state index contributed by atoms with van der Waals surface area (Å²) in [5.74, 6) is -0.587. The number of aromatic nitrogens is 2. The van der Waals surface area contributed by atoms with Crippen molar-refractivity contribution in [3.05, 3.63) is 89.1 Å². The van der Waals surface area contributed by atoms with E-state index in [1.807, 2.05) is 10.6 Å². The van der Waals surface area contributed by atoms with Crippen LogP contribution in [0.15, 0.2) is 66.5 Å². The number of urea groups is 1. The van der Waals surface area contributed by atoms with Crippen LogP contribution in [-0.2, 0) is 17.8 Å². The molecular formula is C25H24N4O4. The van der Waals surface area contributed by atoms with Gasteiger partial charge in [-0.15, -0.1) is 0 Å². The van der Waals surface area contributed by atoms with Gasteiger partial charge in [0.2, 0.25) is 0 Å². The third-order valence-electron chi connectivity index (χ3n) is 5.46. The number of aryl methyl sites for hydroxylation is 1. The Kier molecular flexibility index (Phi) is 6.35. The van der Waals surface area contributed by atoms with Crippen molar-refractivity contribution in [3.8, 4) is 0 Å². The number of benzene rings is 2. The minimum atomic E-state index is -0.976. The molecule has 3 amide bonds. The molecule has 8 nitrogen and oxygen atoms in total. The lowest BCUT2D eigenvalue weighted by Gasteiger charge is -2.16. The second kappa shape index (κ2) is 9.52. The number of hydrogen-bond donors (Lipinski definition) is 2. The second-order valence-electron chi connectivity index (χ2n) is 7.75. The monoisotopic (exact) mass is 444 g/mol. The van der Waals surface area contributed by atoms with E-state index in [2.05, 4.69) is 17.2 Å². The van der Waals surface area contributed by atoms with Gasteiger partial charge in [-0.1, -0.05) is 43.7 Å². The number of nitrogens with one attached hydrogen (secondary N) is 1. The van der Waals surface area contributed by atoms with Crippen LogP contribution in [0.3, 0.4) is 0 Å². The highest BCUT2D eigenvalue weighted by Gasteiger charge is 2.34. The van der Waals surface area contributed by atoms with Gasteiger partial charge in [0, 0.05) is 13.0 Å². The molecular weight excluding hydrogens is 420 g/mol. The lowest BCUT2D eigenvalue weighted by atomic mass is 10.1. The second-order valence-corrected chi connectivity index (χ2v) is 7.75. The number of amides is 3. The molecule has 0 saturated carbocycles. The average Bonchev–Trinajstić information content (AvgIpc) is 3.32.